The Bertz CT molecular complexity index is 229. The predicted octanol–water partition coefficient (Wildman–Crippen LogP) is 2.04. The molecule has 2 heterocycles. The highest BCUT2D eigenvalue weighted by molar-refractivity contribution is 5.05. The standard InChI is InChI=1S/C9H12FNO/c10-9(7-3-1-5-11-7)8-4-2-6-12-8/h2,4,6-7,9,11H,1,3,5H2. The Balaban J connectivity index is 2.04. The minimum Gasteiger partial charge on any atom is -0.466 e. The van der Waals surface area contributed by atoms with Gasteiger partial charge in [-0.2, -0.15) is 0 Å². The van der Waals surface area contributed by atoms with E-state index in [2.05, 4.69) is 5.32 Å². The van der Waals surface area contributed by atoms with Gasteiger partial charge in [-0.15, -0.1) is 0 Å². The largest absolute Gasteiger partial charge is 0.466 e. The quantitative estimate of drug-likeness (QED) is 0.732. The molecule has 2 unspecified atom stereocenters. The summed E-state index contributed by atoms with van der Waals surface area (Å²) in [5.41, 5.74) is 0. The van der Waals surface area contributed by atoms with Crippen molar-refractivity contribution in [3.8, 4) is 0 Å². The van der Waals surface area contributed by atoms with Crippen molar-refractivity contribution in [2.24, 2.45) is 0 Å². The molecular weight excluding hydrogens is 157 g/mol. The molecule has 2 atom stereocenters. The van der Waals surface area contributed by atoms with E-state index in [1.165, 1.54) is 6.26 Å². The van der Waals surface area contributed by atoms with E-state index in [9.17, 15) is 4.39 Å². The Morgan fingerprint density at radius 2 is 2.58 bits per heavy atom. The van der Waals surface area contributed by atoms with E-state index in [1.807, 2.05) is 0 Å². The lowest BCUT2D eigenvalue weighted by molar-refractivity contribution is 0.230. The summed E-state index contributed by atoms with van der Waals surface area (Å²) < 4.78 is 18.5. The lowest BCUT2D eigenvalue weighted by atomic mass is 10.1. The van der Waals surface area contributed by atoms with Crippen LogP contribution in [0.2, 0.25) is 0 Å². The second kappa shape index (κ2) is 3.27. The van der Waals surface area contributed by atoms with Gasteiger partial charge in [-0.25, -0.2) is 4.39 Å². The van der Waals surface area contributed by atoms with Crippen LogP contribution >= 0.6 is 0 Å². The number of nitrogens with one attached hydrogen (secondary N) is 1. The summed E-state index contributed by atoms with van der Waals surface area (Å²) in [5.74, 6) is 0.439. The van der Waals surface area contributed by atoms with Crippen LogP contribution in [-0.4, -0.2) is 12.6 Å². The first-order chi connectivity index (χ1) is 5.88. The molecule has 66 valence electrons. The molecule has 0 spiro atoms. The molecule has 1 fully saturated rings. The van der Waals surface area contributed by atoms with Gasteiger partial charge in [0, 0.05) is 6.04 Å². The molecule has 0 amide bonds. The lowest BCUT2D eigenvalue weighted by Crippen LogP contribution is -2.26. The Hall–Kier alpha value is -0.830. The van der Waals surface area contributed by atoms with Crippen LogP contribution < -0.4 is 5.32 Å². The van der Waals surface area contributed by atoms with E-state index < -0.39 is 6.17 Å². The first-order valence-corrected chi connectivity index (χ1v) is 4.29. The van der Waals surface area contributed by atoms with E-state index in [4.69, 9.17) is 4.42 Å². The van der Waals surface area contributed by atoms with Crippen molar-refractivity contribution in [2.45, 2.75) is 25.1 Å². The fourth-order valence-electron chi connectivity index (χ4n) is 1.61. The highest BCUT2D eigenvalue weighted by Gasteiger charge is 2.27. The number of hydrogen-bond acceptors (Lipinski definition) is 2. The van der Waals surface area contributed by atoms with Crippen molar-refractivity contribution >= 4 is 0 Å². The van der Waals surface area contributed by atoms with Gasteiger partial charge >= 0.3 is 0 Å². The molecule has 12 heavy (non-hydrogen) atoms. The molecule has 0 aromatic carbocycles. The molecule has 1 aliphatic heterocycles. The molecular formula is C9H12FNO. The Labute approximate surface area is 70.8 Å². The van der Waals surface area contributed by atoms with Gasteiger partial charge in [0.1, 0.15) is 5.76 Å². The normalized spacial score (nSPS) is 25.9. The van der Waals surface area contributed by atoms with Crippen LogP contribution in [0.25, 0.3) is 0 Å². The van der Waals surface area contributed by atoms with Gasteiger partial charge < -0.3 is 9.73 Å². The maximum absolute atomic E-state index is 13.5. The van der Waals surface area contributed by atoms with E-state index in [-0.39, 0.29) is 6.04 Å². The van der Waals surface area contributed by atoms with Crippen LogP contribution in [-0.2, 0) is 0 Å². The first kappa shape index (κ1) is 7.80. The average Bonchev–Trinajstić information content (AvgIpc) is 2.77. The third-order valence-electron chi connectivity index (χ3n) is 2.27. The van der Waals surface area contributed by atoms with Gasteiger partial charge in [0.15, 0.2) is 6.17 Å². The molecule has 0 bridgehead atoms. The summed E-state index contributed by atoms with van der Waals surface area (Å²) in [6.07, 6.45) is 2.49. The third kappa shape index (κ3) is 1.37. The van der Waals surface area contributed by atoms with Crippen molar-refractivity contribution < 1.29 is 8.81 Å². The SMILES string of the molecule is FC(c1ccco1)C1CCCN1. The van der Waals surface area contributed by atoms with Crippen molar-refractivity contribution in [3.63, 3.8) is 0 Å². The molecule has 0 saturated carbocycles. The van der Waals surface area contributed by atoms with Crippen molar-refractivity contribution in [1.82, 2.24) is 5.32 Å². The molecule has 2 rings (SSSR count). The molecule has 3 heteroatoms. The molecule has 1 aromatic heterocycles. The highest BCUT2D eigenvalue weighted by atomic mass is 19.1. The van der Waals surface area contributed by atoms with Gasteiger partial charge in [-0.05, 0) is 31.5 Å². The minimum atomic E-state index is -0.984. The number of rotatable bonds is 2. The summed E-state index contributed by atoms with van der Waals surface area (Å²) in [6.45, 7) is 0.922. The number of hydrogen-bond donors (Lipinski definition) is 1. The zero-order chi connectivity index (χ0) is 8.39. The maximum Gasteiger partial charge on any atom is 0.173 e. The van der Waals surface area contributed by atoms with Gasteiger partial charge in [-0.3, -0.25) is 0 Å². The molecule has 1 aliphatic rings. The highest BCUT2D eigenvalue weighted by Crippen LogP contribution is 2.26. The van der Waals surface area contributed by atoms with Crippen molar-refractivity contribution in [2.75, 3.05) is 6.54 Å². The van der Waals surface area contributed by atoms with E-state index >= 15 is 0 Å². The summed E-state index contributed by atoms with van der Waals surface area (Å²) >= 11 is 0. The lowest BCUT2D eigenvalue weighted by Gasteiger charge is -2.12. The van der Waals surface area contributed by atoms with Gasteiger partial charge in [0.2, 0.25) is 0 Å². The van der Waals surface area contributed by atoms with Crippen LogP contribution in [0.1, 0.15) is 24.8 Å². The Morgan fingerprint density at radius 3 is 3.17 bits per heavy atom. The molecule has 0 radical (unpaired) electrons. The third-order valence-corrected chi connectivity index (χ3v) is 2.27. The van der Waals surface area contributed by atoms with E-state index in [0.29, 0.717) is 5.76 Å². The van der Waals surface area contributed by atoms with Crippen molar-refractivity contribution in [1.29, 1.82) is 0 Å². The van der Waals surface area contributed by atoms with Gasteiger partial charge in [0.25, 0.3) is 0 Å². The number of furan rings is 1. The summed E-state index contributed by atoms with van der Waals surface area (Å²) in [5, 5.41) is 3.11. The van der Waals surface area contributed by atoms with E-state index in [0.717, 1.165) is 19.4 Å². The number of alkyl halides is 1. The van der Waals surface area contributed by atoms with Crippen LogP contribution in [0.4, 0.5) is 4.39 Å². The molecule has 2 nitrogen and oxygen atoms in total. The summed E-state index contributed by atoms with van der Waals surface area (Å²) in [6, 6.07) is 3.36. The van der Waals surface area contributed by atoms with E-state index in [1.54, 1.807) is 12.1 Å². The summed E-state index contributed by atoms with van der Waals surface area (Å²) in [7, 11) is 0. The fraction of sp³-hybridized carbons (Fsp3) is 0.556. The maximum atomic E-state index is 13.5. The second-order valence-electron chi connectivity index (χ2n) is 3.12. The molecule has 0 aliphatic carbocycles. The predicted molar refractivity (Wildman–Crippen MR) is 43.6 cm³/mol. The smallest absolute Gasteiger partial charge is 0.173 e. The Morgan fingerprint density at radius 1 is 1.67 bits per heavy atom. The fourth-order valence-corrected chi connectivity index (χ4v) is 1.61. The number of halogens is 1. The molecule has 1 aromatic rings. The topological polar surface area (TPSA) is 25.2 Å². The molecule has 1 N–H and O–H groups in total. The van der Waals surface area contributed by atoms with Crippen molar-refractivity contribution in [3.05, 3.63) is 24.2 Å². The van der Waals surface area contributed by atoms with Crippen LogP contribution in [0, 0.1) is 0 Å². The van der Waals surface area contributed by atoms with Gasteiger partial charge in [0.05, 0.1) is 6.26 Å². The minimum absolute atomic E-state index is 0.0452. The summed E-state index contributed by atoms with van der Waals surface area (Å²) in [4.78, 5) is 0. The zero-order valence-electron chi connectivity index (χ0n) is 6.79. The monoisotopic (exact) mass is 169 g/mol. The van der Waals surface area contributed by atoms with Crippen LogP contribution in [0.5, 0.6) is 0 Å². The average molecular weight is 169 g/mol. The van der Waals surface area contributed by atoms with Crippen LogP contribution in [0.15, 0.2) is 22.8 Å². The molecule has 1 saturated heterocycles. The zero-order valence-corrected chi connectivity index (χ0v) is 6.79. The Kier molecular flexibility index (Phi) is 2.13. The first-order valence-electron chi connectivity index (χ1n) is 4.29. The van der Waals surface area contributed by atoms with Gasteiger partial charge in [-0.1, -0.05) is 0 Å². The van der Waals surface area contributed by atoms with Crippen LogP contribution in [0.3, 0.4) is 0 Å². The second-order valence-corrected chi connectivity index (χ2v) is 3.12.